The van der Waals surface area contributed by atoms with E-state index in [1.54, 1.807) is 18.2 Å². The van der Waals surface area contributed by atoms with E-state index < -0.39 is 66.7 Å². The largest absolute Gasteiger partial charge is 0.491 e. The van der Waals surface area contributed by atoms with Gasteiger partial charge in [-0.3, -0.25) is 23.9 Å². The summed E-state index contributed by atoms with van der Waals surface area (Å²) in [5, 5.41) is 23.6. The van der Waals surface area contributed by atoms with Crippen LogP contribution in [0.15, 0.2) is 66.9 Å². The average molecular weight is 631 g/mol. The average Bonchev–Trinajstić information content (AvgIpc) is 3.50. The van der Waals surface area contributed by atoms with Crippen LogP contribution in [0, 0.1) is 0 Å². The molecule has 1 aliphatic heterocycles. The molecule has 4 rings (SSSR count). The molecular formula is C30H33F3N6O6. The lowest BCUT2D eigenvalue weighted by molar-refractivity contribution is -0.141. The summed E-state index contributed by atoms with van der Waals surface area (Å²) in [5.74, 6) is -2.72. The molecule has 0 saturated carbocycles. The van der Waals surface area contributed by atoms with E-state index >= 15 is 0 Å². The van der Waals surface area contributed by atoms with Gasteiger partial charge in [0.2, 0.25) is 17.7 Å². The first-order chi connectivity index (χ1) is 21.5. The normalized spacial score (nSPS) is 19.6. The van der Waals surface area contributed by atoms with Gasteiger partial charge in [-0.1, -0.05) is 42.5 Å². The highest BCUT2D eigenvalue weighted by Gasteiger charge is 2.33. The molecule has 0 spiro atoms. The maximum Gasteiger partial charge on any atom is 0.435 e. The Balaban J connectivity index is 1.48. The molecule has 0 aliphatic carbocycles. The zero-order chi connectivity index (χ0) is 32.4. The molecule has 3 aromatic rings. The van der Waals surface area contributed by atoms with Gasteiger partial charge in [-0.25, -0.2) is 0 Å². The number of fused-ring (bicyclic) bond motifs is 1. The smallest absolute Gasteiger partial charge is 0.435 e. The molecule has 240 valence electrons. The lowest BCUT2D eigenvalue weighted by Gasteiger charge is -2.25. The first-order valence-electron chi connectivity index (χ1n) is 14.2. The molecule has 15 heteroatoms. The maximum absolute atomic E-state index is 13.3. The number of halogens is 3. The molecule has 2 aromatic carbocycles. The number of benzene rings is 2. The summed E-state index contributed by atoms with van der Waals surface area (Å²) in [7, 11) is 0. The number of carbonyl (C=O) groups excluding carboxylic acids is 4. The molecule has 12 nitrogen and oxygen atoms in total. The van der Waals surface area contributed by atoms with Crippen molar-refractivity contribution in [3.05, 3.63) is 83.7 Å². The van der Waals surface area contributed by atoms with Gasteiger partial charge in [0.25, 0.3) is 5.91 Å². The fourth-order valence-electron chi connectivity index (χ4n) is 4.61. The van der Waals surface area contributed by atoms with Crippen molar-refractivity contribution in [2.45, 2.75) is 50.1 Å². The van der Waals surface area contributed by atoms with Crippen LogP contribution in [0.2, 0.25) is 0 Å². The minimum atomic E-state index is -4.58. The zero-order valence-corrected chi connectivity index (χ0v) is 24.0. The molecule has 0 unspecified atom stereocenters. The first kappa shape index (κ1) is 33.0. The molecule has 3 atom stereocenters. The van der Waals surface area contributed by atoms with Gasteiger partial charge in [-0.05, 0) is 36.6 Å². The topological polar surface area (TPSA) is 164 Å². The van der Waals surface area contributed by atoms with E-state index in [1.165, 1.54) is 12.3 Å². The van der Waals surface area contributed by atoms with E-state index in [-0.39, 0.29) is 37.4 Å². The van der Waals surface area contributed by atoms with Crippen LogP contribution in [0.4, 0.5) is 13.2 Å². The van der Waals surface area contributed by atoms with Gasteiger partial charge in [0.15, 0.2) is 5.69 Å². The third kappa shape index (κ3) is 9.53. The molecule has 4 amide bonds. The Hall–Kier alpha value is -4.92. The quantitative estimate of drug-likeness (QED) is 0.234. The van der Waals surface area contributed by atoms with Gasteiger partial charge in [0, 0.05) is 19.3 Å². The lowest BCUT2D eigenvalue weighted by Crippen LogP contribution is -2.55. The van der Waals surface area contributed by atoms with Gasteiger partial charge in [0.1, 0.15) is 24.4 Å². The van der Waals surface area contributed by atoms with Crippen LogP contribution in [0.3, 0.4) is 0 Å². The number of alkyl halides is 3. The summed E-state index contributed by atoms with van der Waals surface area (Å²) in [5.41, 5.74) is -0.0524. The van der Waals surface area contributed by atoms with Crippen molar-refractivity contribution >= 4 is 23.6 Å². The van der Waals surface area contributed by atoms with Crippen molar-refractivity contribution in [3.63, 3.8) is 0 Å². The van der Waals surface area contributed by atoms with Gasteiger partial charge in [0.05, 0.1) is 24.6 Å². The van der Waals surface area contributed by atoms with Crippen LogP contribution in [-0.2, 0) is 33.5 Å². The minimum Gasteiger partial charge on any atom is -0.491 e. The number of hydrogen-bond donors (Lipinski definition) is 5. The summed E-state index contributed by atoms with van der Waals surface area (Å²) >= 11 is 0. The van der Waals surface area contributed by atoms with Crippen molar-refractivity contribution in [1.82, 2.24) is 31.0 Å². The molecule has 1 aliphatic rings. The fraction of sp³-hybridized carbons (Fsp3) is 0.367. The molecule has 0 radical (unpaired) electrons. The van der Waals surface area contributed by atoms with Crippen LogP contribution < -0.4 is 26.0 Å². The fourth-order valence-corrected chi connectivity index (χ4v) is 4.61. The van der Waals surface area contributed by atoms with Crippen LogP contribution in [0.1, 0.15) is 34.5 Å². The second kappa shape index (κ2) is 15.2. The minimum absolute atomic E-state index is 0.00178. The summed E-state index contributed by atoms with van der Waals surface area (Å²) in [6, 6.07) is 13.1. The number of amides is 4. The predicted molar refractivity (Wildman–Crippen MR) is 154 cm³/mol. The zero-order valence-electron chi connectivity index (χ0n) is 24.0. The lowest BCUT2D eigenvalue weighted by atomic mass is 10.1. The number of aliphatic hydroxyl groups is 1. The van der Waals surface area contributed by atoms with E-state index in [4.69, 9.17) is 4.74 Å². The second-order valence-electron chi connectivity index (χ2n) is 10.3. The van der Waals surface area contributed by atoms with Gasteiger partial charge < -0.3 is 31.1 Å². The number of aryl methyl sites for hydroxylation is 1. The number of rotatable bonds is 8. The monoisotopic (exact) mass is 630 g/mol. The summed E-state index contributed by atoms with van der Waals surface area (Å²) in [4.78, 5) is 52.4. The molecule has 5 N–H and O–H groups in total. The molecule has 0 bridgehead atoms. The third-order valence-electron chi connectivity index (χ3n) is 6.88. The maximum atomic E-state index is 13.3. The van der Waals surface area contributed by atoms with Crippen LogP contribution in [0.25, 0.3) is 0 Å². The van der Waals surface area contributed by atoms with E-state index in [2.05, 4.69) is 26.4 Å². The summed E-state index contributed by atoms with van der Waals surface area (Å²) < 4.78 is 45.4. The molecule has 1 aromatic heterocycles. The Morgan fingerprint density at radius 3 is 2.47 bits per heavy atom. The third-order valence-corrected chi connectivity index (χ3v) is 6.88. The molecule has 45 heavy (non-hydrogen) atoms. The molecule has 0 saturated heterocycles. The van der Waals surface area contributed by atoms with Crippen LogP contribution >= 0.6 is 0 Å². The Kier molecular flexibility index (Phi) is 11.1. The first-order valence-corrected chi connectivity index (χ1v) is 14.2. The van der Waals surface area contributed by atoms with Gasteiger partial charge >= 0.3 is 6.18 Å². The number of nitrogens with zero attached hydrogens (tertiary/aromatic N) is 2. The highest BCUT2D eigenvalue weighted by molar-refractivity contribution is 6.01. The molecule has 0 fully saturated rings. The second-order valence-corrected chi connectivity index (χ2v) is 10.3. The standard InChI is InChI=1S/C30H33F3N6O6/c31-30(32,33)25-11-14-39(38-25)13-6-12-34-28(43)22-16-26(41)36-23(17-40)29(44)35-20(15-19-7-2-1-3-8-19)18-45-24-10-5-4-9-21(24)27(42)37-22/h1-5,7-11,14,20,22-23,40H,6,12-13,15-18H2,(H,34,43)(H,35,44)(H,36,41)(H,37,42)/t20-,22+,23+/m1/s1. The summed E-state index contributed by atoms with van der Waals surface area (Å²) in [6.07, 6.45) is -3.42. The van der Waals surface area contributed by atoms with E-state index in [0.29, 0.717) is 6.42 Å². The highest BCUT2D eigenvalue weighted by atomic mass is 19.4. The van der Waals surface area contributed by atoms with Crippen LogP contribution in [0.5, 0.6) is 5.75 Å². The highest BCUT2D eigenvalue weighted by Crippen LogP contribution is 2.27. The number of para-hydroxylation sites is 1. The van der Waals surface area contributed by atoms with Gasteiger partial charge in [-0.15, -0.1) is 0 Å². The predicted octanol–water partition coefficient (Wildman–Crippen LogP) is 1.19. The number of aliphatic hydroxyl groups excluding tert-OH is 1. The van der Waals surface area contributed by atoms with Crippen molar-refractivity contribution in [2.75, 3.05) is 19.8 Å². The Morgan fingerprint density at radius 2 is 1.76 bits per heavy atom. The van der Waals surface area contributed by atoms with Crippen molar-refractivity contribution in [2.24, 2.45) is 0 Å². The number of aromatic nitrogens is 2. The van der Waals surface area contributed by atoms with Crippen molar-refractivity contribution in [3.8, 4) is 5.75 Å². The Morgan fingerprint density at radius 1 is 1.02 bits per heavy atom. The number of ether oxygens (including phenoxy) is 1. The Labute approximate surface area is 256 Å². The number of hydrogen-bond acceptors (Lipinski definition) is 7. The number of carbonyl (C=O) groups is 4. The molecular weight excluding hydrogens is 597 g/mol. The van der Waals surface area contributed by atoms with Crippen LogP contribution in [-0.4, -0.2) is 76.4 Å². The molecule has 2 heterocycles. The van der Waals surface area contributed by atoms with Crippen molar-refractivity contribution < 1.29 is 42.2 Å². The Bertz CT molecular complexity index is 1480. The van der Waals surface area contributed by atoms with Gasteiger partial charge in [-0.2, -0.15) is 18.3 Å². The summed E-state index contributed by atoms with van der Waals surface area (Å²) in [6.45, 7) is -0.719. The SMILES string of the molecule is O=C1C[C@@H](C(=O)NCCCn2ccc(C(F)(F)F)n2)NC(=O)c2ccccc2OC[C@@H](Cc2ccccc2)NC(=O)[C@H](CO)N1. The number of nitrogens with one attached hydrogen (secondary N) is 4. The van der Waals surface area contributed by atoms with E-state index in [0.717, 1.165) is 16.3 Å². The van der Waals surface area contributed by atoms with Crippen molar-refractivity contribution in [1.29, 1.82) is 0 Å². The van der Waals surface area contributed by atoms with E-state index in [1.807, 2.05) is 30.3 Å². The van der Waals surface area contributed by atoms with E-state index in [9.17, 15) is 37.5 Å².